The van der Waals surface area contributed by atoms with Crippen LogP contribution < -0.4 is 5.32 Å². The molecule has 1 aliphatic heterocycles. The molecule has 31 heavy (non-hydrogen) atoms. The molecule has 1 aliphatic rings. The molecule has 1 fully saturated rings. The summed E-state index contributed by atoms with van der Waals surface area (Å²) in [5.41, 5.74) is 3.17. The van der Waals surface area contributed by atoms with E-state index in [0.29, 0.717) is 28.9 Å². The molecule has 0 radical (unpaired) electrons. The van der Waals surface area contributed by atoms with Gasteiger partial charge in [0, 0.05) is 26.2 Å². The van der Waals surface area contributed by atoms with E-state index in [1.165, 1.54) is 11.3 Å². The number of fused-ring (bicyclic) bond motifs is 2. The van der Waals surface area contributed by atoms with Crippen LogP contribution in [-0.4, -0.2) is 65.8 Å². The Kier molecular flexibility index (Phi) is 5.09. The molecule has 0 unspecified atom stereocenters. The van der Waals surface area contributed by atoms with E-state index < -0.39 is 10.0 Å². The molecule has 4 aromatic rings. The fraction of sp³-hybridized carbons (Fsp3) is 0.286. The second-order valence-corrected chi connectivity index (χ2v) is 10.6. The Bertz CT molecular complexity index is 1380. The third kappa shape index (κ3) is 3.87. The van der Waals surface area contributed by atoms with E-state index in [0.717, 1.165) is 40.0 Å². The number of sulfonamides is 1. The third-order valence-corrected chi connectivity index (χ3v) is 8.26. The molecule has 0 spiro atoms. The number of benzene rings is 2. The maximum atomic E-state index is 13.1. The van der Waals surface area contributed by atoms with Gasteiger partial charge in [0.05, 0.1) is 31.8 Å². The van der Waals surface area contributed by atoms with E-state index in [1.54, 1.807) is 22.5 Å². The zero-order valence-electron chi connectivity index (χ0n) is 17.2. The number of anilines is 2. The highest BCUT2D eigenvalue weighted by Gasteiger charge is 2.27. The van der Waals surface area contributed by atoms with Crippen LogP contribution in [0.1, 0.15) is 5.69 Å². The van der Waals surface area contributed by atoms with Gasteiger partial charge in [-0.05, 0) is 44.3 Å². The summed E-state index contributed by atoms with van der Waals surface area (Å²) in [6.07, 6.45) is 0. The van der Waals surface area contributed by atoms with Crippen molar-refractivity contribution in [1.82, 2.24) is 24.2 Å². The van der Waals surface area contributed by atoms with Crippen molar-refractivity contribution in [2.75, 3.05) is 38.5 Å². The smallest absolute Gasteiger partial charge is 0.243 e. The summed E-state index contributed by atoms with van der Waals surface area (Å²) in [5.74, 6) is 0.642. The van der Waals surface area contributed by atoms with Gasteiger partial charge in [0.1, 0.15) is 0 Å². The lowest BCUT2D eigenvalue weighted by Crippen LogP contribution is -2.46. The SMILES string of the molecule is Cc1nc2ccccc2nc1Nc1nc2ccc(S(=O)(=O)N3CCN(C)CC3)cc2s1. The van der Waals surface area contributed by atoms with Crippen LogP contribution in [0.4, 0.5) is 10.9 Å². The van der Waals surface area contributed by atoms with Crippen molar-refractivity contribution in [2.24, 2.45) is 0 Å². The van der Waals surface area contributed by atoms with Gasteiger partial charge in [-0.1, -0.05) is 23.5 Å². The number of aryl methyl sites for hydroxylation is 1. The minimum Gasteiger partial charge on any atom is -0.315 e. The lowest BCUT2D eigenvalue weighted by molar-refractivity contribution is 0.222. The maximum absolute atomic E-state index is 13.1. The number of aromatic nitrogens is 3. The summed E-state index contributed by atoms with van der Waals surface area (Å²) in [5, 5.41) is 3.90. The molecule has 3 heterocycles. The molecule has 0 bridgehead atoms. The first-order valence-corrected chi connectivity index (χ1v) is 12.3. The second kappa shape index (κ2) is 7.79. The van der Waals surface area contributed by atoms with Gasteiger partial charge in [-0.15, -0.1) is 0 Å². The van der Waals surface area contributed by atoms with Gasteiger partial charge >= 0.3 is 0 Å². The van der Waals surface area contributed by atoms with E-state index in [1.807, 2.05) is 38.2 Å². The predicted molar refractivity (Wildman–Crippen MR) is 123 cm³/mol. The first-order chi connectivity index (χ1) is 14.9. The first-order valence-electron chi connectivity index (χ1n) is 10.00. The molecule has 1 N–H and O–H groups in total. The molecule has 2 aromatic carbocycles. The molecule has 0 atom stereocenters. The van der Waals surface area contributed by atoms with E-state index in [2.05, 4.69) is 25.2 Å². The van der Waals surface area contributed by atoms with Gasteiger partial charge < -0.3 is 10.2 Å². The Morgan fingerprint density at radius 1 is 0.935 bits per heavy atom. The quantitative estimate of drug-likeness (QED) is 0.506. The van der Waals surface area contributed by atoms with Crippen LogP contribution in [0.25, 0.3) is 21.3 Å². The van der Waals surface area contributed by atoms with Crippen molar-refractivity contribution < 1.29 is 8.42 Å². The number of piperazine rings is 1. The molecule has 2 aromatic heterocycles. The summed E-state index contributed by atoms with van der Waals surface area (Å²) >= 11 is 1.40. The van der Waals surface area contributed by atoms with Gasteiger partial charge in [0.2, 0.25) is 10.0 Å². The summed E-state index contributed by atoms with van der Waals surface area (Å²) in [6, 6.07) is 12.8. The third-order valence-electron chi connectivity index (χ3n) is 5.43. The Labute approximate surface area is 184 Å². The number of thiazole rings is 1. The van der Waals surface area contributed by atoms with E-state index in [-0.39, 0.29) is 0 Å². The molecule has 0 aliphatic carbocycles. The predicted octanol–water partition coefficient (Wildman–Crippen LogP) is 3.23. The second-order valence-electron chi connectivity index (χ2n) is 7.63. The molecule has 0 saturated carbocycles. The number of likely N-dealkylation sites (N-methyl/N-ethyl adjacent to an activating group) is 1. The van der Waals surface area contributed by atoms with Gasteiger partial charge in [-0.3, -0.25) is 0 Å². The first kappa shape index (κ1) is 20.3. The molecule has 10 heteroatoms. The lowest BCUT2D eigenvalue weighted by atomic mass is 10.3. The maximum Gasteiger partial charge on any atom is 0.243 e. The number of para-hydroxylation sites is 2. The van der Waals surface area contributed by atoms with E-state index in [4.69, 9.17) is 0 Å². The zero-order valence-corrected chi connectivity index (χ0v) is 18.9. The highest BCUT2D eigenvalue weighted by Crippen LogP contribution is 2.31. The highest BCUT2D eigenvalue weighted by molar-refractivity contribution is 7.89. The number of rotatable bonds is 4. The summed E-state index contributed by atoms with van der Waals surface area (Å²) in [7, 11) is -1.51. The van der Waals surface area contributed by atoms with Crippen LogP contribution in [0.3, 0.4) is 0 Å². The Morgan fingerprint density at radius 3 is 2.39 bits per heavy atom. The molecule has 0 amide bonds. The van der Waals surface area contributed by atoms with Crippen molar-refractivity contribution in [3.63, 3.8) is 0 Å². The van der Waals surface area contributed by atoms with Crippen molar-refractivity contribution >= 4 is 53.6 Å². The number of hydrogen-bond acceptors (Lipinski definition) is 8. The van der Waals surface area contributed by atoms with Crippen molar-refractivity contribution in [3.05, 3.63) is 48.2 Å². The van der Waals surface area contributed by atoms with Gasteiger partial charge in [-0.25, -0.2) is 23.4 Å². The van der Waals surface area contributed by atoms with Crippen LogP contribution >= 0.6 is 11.3 Å². The van der Waals surface area contributed by atoms with Gasteiger partial charge in [0.25, 0.3) is 0 Å². The van der Waals surface area contributed by atoms with Gasteiger partial charge in [-0.2, -0.15) is 4.31 Å². The largest absolute Gasteiger partial charge is 0.315 e. The average Bonchev–Trinajstić information content (AvgIpc) is 3.16. The molecular weight excluding hydrogens is 432 g/mol. The average molecular weight is 455 g/mol. The highest BCUT2D eigenvalue weighted by atomic mass is 32.2. The van der Waals surface area contributed by atoms with E-state index >= 15 is 0 Å². The van der Waals surface area contributed by atoms with Crippen LogP contribution in [-0.2, 0) is 10.0 Å². The summed E-state index contributed by atoms with van der Waals surface area (Å²) in [6.45, 7) is 4.39. The number of nitrogens with zero attached hydrogens (tertiary/aromatic N) is 5. The minimum absolute atomic E-state index is 0.307. The Hall–Kier alpha value is -2.66. The normalized spacial score (nSPS) is 16.2. The monoisotopic (exact) mass is 454 g/mol. The summed E-state index contributed by atoms with van der Waals surface area (Å²) in [4.78, 5) is 16.3. The van der Waals surface area contributed by atoms with Crippen molar-refractivity contribution in [3.8, 4) is 0 Å². The van der Waals surface area contributed by atoms with E-state index in [9.17, 15) is 8.42 Å². The van der Waals surface area contributed by atoms with Crippen LogP contribution in [0, 0.1) is 6.92 Å². The Balaban J connectivity index is 1.44. The molecule has 1 saturated heterocycles. The fourth-order valence-electron chi connectivity index (χ4n) is 3.60. The molecule has 8 nitrogen and oxygen atoms in total. The number of hydrogen-bond donors (Lipinski definition) is 1. The van der Waals surface area contributed by atoms with Gasteiger partial charge in [0.15, 0.2) is 10.9 Å². The lowest BCUT2D eigenvalue weighted by Gasteiger charge is -2.31. The van der Waals surface area contributed by atoms with Crippen LogP contribution in [0.5, 0.6) is 0 Å². The molecular formula is C21H22N6O2S2. The minimum atomic E-state index is -3.51. The molecule has 5 rings (SSSR count). The topological polar surface area (TPSA) is 91.3 Å². The van der Waals surface area contributed by atoms with Crippen LogP contribution in [0.15, 0.2) is 47.4 Å². The fourth-order valence-corrected chi connectivity index (χ4v) is 6.03. The number of nitrogens with one attached hydrogen (secondary N) is 1. The standard InChI is InChI=1S/C21H22N6O2S2/c1-14-20(23-17-6-4-3-5-16(17)22-14)25-21-24-18-8-7-15(13-19(18)30-21)31(28,29)27-11-9-26(2)10-12-27/h3-8,13H,9-12H2,1-2H3,(H,23,24,25). The van der Waals surface area contributed by atoms with Crippen molar-refractivity contribution in [2.45, 2.75) is 11.8 Å². The summed E-state index contributed by atoms with van der Waals surface area (Å²) < 4.78 is 28.5. The zero-order chi connectivity index (χ0) is 21.6. The van der Waals surface area contributed by atoms with Crippen molar-refractivity contribution in [1.29, 1.82) is 0 Å². The molecule has 160 valence electrons. The van der Waals surface area contributed by atoms with Crippen LogP contribution in [0.2, 0.25) is 0 Å². The Morgan fingerprint density at radius 2 is 1.65 bits per heavy atom.